The number of hydrogen-bond acceptors (Lipinski definition) is 3. The molecule has 0 atom stereocenters. The quantitative estimate of drug-likeness (QED) is 0.538. The van der Waals surface area contributed by atoms with Crippen LogP contribution in [0, 0.1) is 0 Å². The average Bonchev–Trinajstić information content (AvgIpc) is 1.88. The van der Waals surface area contributed by atoms with Gasteiger partial charge in [0.05, 0.1) is 0 Å². The first-order valence-corrected chi connectivity index (χ1v) is 3.37. The van der Waals surface area contributed by atoms with Crippen molar-refractivity contribution in [1.82, 2.24) is 5.32 Å². The summed E-state index contributed by atoms with van der Waals surface area (Å²) in [6.45, 7) is 1.66. The van der Waals surface area contributed by atoms with Gasteiger partial charge in [-0.05, 0) is 25.9 Å². The number of carbonyl (C=O) groups is 1. The molecular formula is C6H10NO3. The van der Waals surface area contributed by atoms with Crippen molar-refractivity contribution in [2.45, 2.75) is 18.9 Å². The van der Waals surface area contributed by atoms with E-state index in [1.807, 2.05) is 0 Å². The largest absolute Gasteiger partial charge is 0.550 e. The van der Waals surface area contributed by atoms with Crippen molar-refractivity contribution in [3.05, 3.63) is 0 Å². The van der Waals surface area contributed by atoms with E-state index in [0.29, 0.717) is 0 Å². The normalized spacial score (nSPS) is 20.4. The summed E-state index contributed by atoms with van der Waals surface area (Å²) in [6, 6.07) is 0. The van der Waals surface area contributed by atoms with Crippen LogP contribution >= 0.6 is 0 Å². The van der Waals surface area contributed by atoms with Crippen LogP contribution in [0.4, 0.5) is 4.79 Å². The SMILES string of the molecule is [O]C(=O)OC1CCNCC1. The van der Waals surface area contributed by atoms with Gasteiger partial charge in [-0.2, -0.15) is 9.90 Å². The molecule has 0 bridgehead atoms. The third-order valence-corrected chi connectivity index (χ3v) is 1.55. The van der Waals surface area contributed by atoms with E-state index in [4.69, 9.17) is 0 Å². The van der Waals surface area contributed by atoms with E-state index in [2.05, 4.69) is 10.1 Å². The molecular weight excluding hydrogens is 134 g/mol. The molecule has 0 saturated carbocycles. The first-order chi connectivity index (χ1) is 4.79. The number of nitrogens with one attached hydrogen (secondary N) is 1. The fourth-order valence-electron chi connectivity index (χ4n) is 1.05. The lowest BCUT2D eigenvalue weighted by molar-refractivity contribution is 0.0212. The van der Waals surface area contributed by atoms with Gasteiger partial charge in [-0.25, -0.2) is 0 Å². The van der Waals surface area contributed by atoms with E-state index in [-0.39, 0.29) is 6.10 Å². The van der Waals surface area contributed by atoms with Crippen molar-refractivity contribution in [3.63, 3.8) is 0 Å². The molecule has 57 valence electrons. The van der Waals surface area contributed by atoms with Crippen molar-refractivity contribution in [3.8, 4) is 0 Å². The highest BCUT2D eigenvalue weighted by molar-refractivity contribution is 5.56. The highest BCUT2D eigenvalue weighted by Gasteiger charge is 2.16. The lowest BCUT2D eigenvalue weighted by atomic mass is 10.1. The Hall–Kier alpha value is -0.770. The summed E-state index contributed by atoms with van der Waals surface area (Å²) in [4.78, 5) is 9.91. The van der Waals surface area contributed by atoms with Crippen molar-refractivity contribution >= 4 is 6.16 Å². The third-order valence-electron chi connectivity index (χ3n) is 1.55. The zero-order chi connectivity index (χ0) is 7.40. The summed E-state index contributed by atoms with van der Waals surface area (Å²) in [5.74, 6) is 0. The molecule has 1 saturated heterocycles. The highest BCUT2D eigenvalue weighted by Crippen LogP contribution is 2.06. The van der Waals surface area contributed by atoms with Gasteiger partial charge >= 0.3 is 6.16 Å². The minimum Gasteiger partial charge on any atom is -0.428 e. The van der Waals surface area contributed by atoms with Gasteiger partial charge in [0.25, 0.3) is 0 Å². The van der Waals surface area contributed by atoms with Crippen LogP contribution in [0.1, 0.15) is 12.8 Å². The van der Waals surface area contributed by atoms with Gasteiger partial charge < -0.3 is 10.1 Å². The molecule has 0 aliphatic carbocycles. The van der Waals surface area contributed by atoms with E-state index >= 15 is 0 Å². The highest BCUT2D eigenvalue weighted by atomic mass is 16.7. The average molecular weight is 144 g/mol. The molecule has 4 heteroatoms. The second kappa shape index (κ2) is 3.41. The van der Waals surface area contributed by atoms with Gasteiger partial charge in [0, 0.05) is 0 Å². The maximum atomic E-state index is 9.91. The predicted molar refractivity (Wildman–Crippen MR) is 33.1 cm³/mol. The Morgan fingerprint density at radius 3 is 2.50 bits per heavy atom. The fraction of sp³-hybridized carbons (Fsp3) is 0.833. The third kappa shape index (κ3) is 2.23. The van der Waals surface area contributed by atoms with Crippen LogP contribution in [0.5, 0.6) is 0 Å². The van der Waals surface area contributed by atoms with Crippen LogP contribution in [0.3, 0.4) is 0 Å². The van der Waals surface area contributed by atoms with Crippen molar-refractivity contribution in [1.29, 1.82) is 0 Å². The Bertz CT molecular complexity index is 120. The molecule has 1 aliphatic heterocycles. The summed E-state index contributed by atoms with van der Waals surface area (Å²) in [7, 11) is 0. The molecule has 1 heterocycles. The van der Waals surface area contributed by atoms with E-state index in [9.17, 15) is 9.90 Å². The summed E-state index contributed by atoms with van der Waals surface area (Å²) in [6.07, 6.45) is -0.0414. The molecule has 1 rings (SSSR count). The van der Waals surface area contributed by atoms with E-state index in [0.717, 1.165) is 25.9 Å². The van der Waals surface area contributed by atoms with Crippen LogP contribution < -0.4 is 5.32 Å². The van der Waals surface area contributed by atoms with Gasteiger partial charge in [-0.3, -0.25) is 0 Å². The number of rotatable bonds is 1. The standard InChI is InChI=1S/C6H10NO3/c8-6(9)10-5-1-3-7-4-2-5/h5,7H,1-4H2. The Morgan fingerprint density at radius 1 is 1.40 bits per heavy atom. The van der Waals surface area contributed by atoms with E-state index in [1.165, 1.54) is 0 Å². The lowest BCUT2D eigenvalue weighted by Gasteiger charge is -2.20. The summed E-state index contributed by atoms with van der Waals surface area (Å²) >= 11 is 0. The molecule has 10 heavy (non-hydrogen) atoms. The number of hydrogen-bond donors (Lipinski definition) is 1. The summed E-state index contributed by atoms with van der Waals surface area (Å²) in [5.41, 5.74) is 0. The minimum atomic E-state index is -1.41. The van der Waals surface area contributed by atoms with Crippen LogP contribution in [0.25, 0.3) is 0 Å². The van der Waals surface area contributed by atoms with E-state index in [1.54, 1.807) is 0 Å². The molecule has 0 aromatic rings. The second-order valence-electron chi connectivity index (χ2n) is 2.32. The molecule has 1 fully saturated rings. The van der Waals surface area contributed by atoms with Crippen molar-refractivity contribution in [2.75, 3.05) is 13.1 Å². The molecule has 0 amide bonds. The summed E-state index contributed by atoms with van der Waals surface area (Å²) in [5, 5.41) is 13.0. The zero-order valence-electron chi connectivity index (χ0n) is 5.63. The van der Waals surface area contributed by atoms with Gasteiger partial charge in [0.2, 0.25) is 0 Å². The van der Waals surface area contributed by atoms with Crippen molar-refractivity contribution in [2.24, 2.45) is 0 Å². The summed E-state index contributed by atoms with van der Waals surface area (Å²) < 4.78 is 4.46. The molecule has 0 spiro atoms. The van der Waals surface area contributed by atoms with Gasteiger partial charge in [0.1, 0.15) is 6.10 Å². The van der Waals surface area contributed by atoms with Gasteiger partial charge in [0.15, 0.2) is 0 Å². The zero-order valence-corrected chi connectivity index (χ0v) is 5.63. The number of ether oxygens (including phenoxy) is 1. The molecule has 0 unspecified atom stereocenters. The van der Waals surface area contributed by atoms with Crippen LogP contribution in [0.15, 0.2) is 0 Å². The second-order valence-corrected chi connectivity index (χ2v) is 2.32. The maximum Gasteiger partial charge on any atom is 0.550 e. The topological polar surface area (TPSA) is 58.2 Å². The first-order valence-electron chi connectivity index (χ1n) is 3.37. The Balaban J connectivity index is 2.19. The van der Waals surface area contributed by atoms with Crippen molar-refractivity contribution < 1.29 is 14.6 Å². The fourth-order valence-corrected chi connectivity index (χ4v) is 1.05. The first kappa shape index (κ1) is 7.34. The molecule has 0 aromatic carbocycles. The number of piperidine rings is 1. The van der Waals surface area contributed by atoms with E-state index < -0.39 is 6.16 Å². The lowest BCUT2D eigenvalue weighted by Crippen LogP contribution is -2.33. The van der Waals surface area contributed by atoms with Gasteiger partial charge in [-0.1, -0.05) is 0 Å². The Kier molecular flexibility index (Phi) is 2.50. The molecule has 0 aromatic heterocycles. The Morgan fingerprint density at radius 2 is 2.00 bits per heavy atom. The van der Waals surface area contributed by atoms with Gasteiger partial charge in [-0.15, -0.1) is 0 Å². The predicted octanol–water partition coefficient (Wildman–Crippen LogP) is 0.306. The molecule has 1 N–H and O–H groups in total. The van der Waals surface area contributed by atoms with Crippen LogP contribution in [-0.4, -0.2) is 25.3 Å². The number of carbonyl (C=O) groups excluding carboxylic acids is 1. The van der Waals surface area contributed by atoms with Crippen LogP contribution in [0.2, 0.25) is 0 Å². The van der Waals surface area contributed by atoms with Crippen LogP contribution in [-0.2, 0) is 9.84 Å². The molecule has 1 radical (unpaired) electrons. The molecule has 4 nitrogen and oxygen atoms in total. The smallest absolute Gasteiger partial charge is 0.428 e. The maximum absolute atomic E-state index is 9.91. The monoisotopic (exact) mass is 144 g/mol. The Labute approximate surface area is 59.2 Å². The minimum absolute atomic E-state index is 0.147. The molecule has 1 aliphatic rings.